The van der Waals surface area contributed by atoms with Gasteiger partial charge in [-0.2, -0.15) is 0 Å². The Morgan fingerprint density at radius 1 is 1.03 bits per heavy atom. The fourth-order valence-electron chi connectivity index (χ4n) is 3.96. The predicted molar refractivity (Wildman–Crippen MR) is 122 cm³/mol. The molecule has 1 aliphatic rings. The van der Waals surface area contributed by atoms with E-state index in [0.717, 1.165) is 33.4 Å². The van der Waals surface area contributed by atoms with E-state index in [4.69, 9.17) is 4.74 Å². The second-order valence-corrected chi connectivity index (χ2v) is 13.4. The van der Waals surface area contributed by atoms with Crippen LogP contribution in [-0.2, 0) is 9.36 Å². The Morgan fingerprint density at radius 3 is 2.21 bits per heavy atom. The number of hydrogen-bond acceptors (Lipinski definition) is 3. The molecule has 5 heteroatoms. The van der Waals surface area contributed by atoms with Crippen LogP contribution in [0.15, 0.2) is 36.4 Å². The quantitative estimate of drug-likeness (QED) is 0.584. The first-order chi connectivity index (χ1) is 13.3. The van der Waals surface area contributed by atoms with Gasteiger partial charge >= 0.3 is 0 Å². The Morgan fingerprint density at radius 2 is 1.66 bits per heavy atom. The Hall–Kier alpha value is -2.06. The van der Waals surface area contributed by atoms with Crippen molar-refractivity contribution >= 4 is 24.0 Å². The first-order valence-electron chi connectivity index (χ1n) is 10.0. The molecule has 2 aromatic carbocycles. The van der Waals surface area contributed by atoms with Gasteiger partial charge in [0.05, 0.1) is 19.1 Å². The van der Waals surface area contributed by atoms with Gasteiger partial charge in [-0.3, -0.25) is 4.79 Å². The van der Waals surface area contributed by atoms with Crippen LogP contribution in [0.4, 0.5) is 5.69 Å². The van der Waals surface area contributed by atoms with Gasteiger partial charge in [-0.15, -0.1) is 0 Å². The van der Waals surface area contributed by atoms with E-state index < -0.39 is 17.7 Å². The number of rotatable bonds is 2. The number of nitrogens with zero attached hydrogens (tertiary/aromatic N) is 1. The molecular formula is C24H32NO3P. The summed E-state index contributed by atoms with van der Waals surface area (Å²) < 4.78 is 20.2. The molecule has 156 valence electrons. The van der Waals surface area contributed by atoms with E-state index in [1.807, 2.05) is 84.9 Å². The van der Waals surface area contributed by atoms with Gasteiger partial charge in [0.2, 0.25) is 5.91 Å². The number of fused-ring (bicyclic) bond motifs is 1. The van der Waals surface area contributed by atoms with Gasteiger partial charge in [0.25, 0.3) is 0 Å². The summed E-state index contributed by atoms with van der Waals surface area (Å²) >= 11 is 0. The molecule has 0 saturated carbocycles. The van der Waals surface area contributed by atoms with E-state index in [0.29, 0.717) is 0 Å². The number of amides is 1. The van der Waals surface area contributed by atoms with Crippen LogP contribution in [0.2, 0.25) is 0 Å². The maximum atomic E-state index is 14.6. The van der Waals surface area contributed by atoms with Crippen LogP contribution < -0.4 is 14.9 Å². The van der Waals surface area contributed by atoms with E-state index in [1.165, 1.54) is 0 Å². The molecule has 1 aliphatic heterocycles. The van der Waals surface area contributed by atoms with Crippen molar-refractivity contribution in [2.75, 3.05) is 18.3 Å². The molecule has 0 spiro atoms. The molecule has 4 nitrogen and oxygen atoms in total. The van der Waals surface area contributed by atoms with Crippen LogP contribution >= 0.6 is 7.14 Å². The van der Waals surface area contributed by atoms with Gasteiger partial charge in [0.15, 0.2) is 0 Å². The lowest BCUT2D eigenvalue weighted by Crippen LogP contribution is -2.38. The molecule has 0 N–H and O–H groups in total. The third-order valence-corrected chi connectivity index (χ3v) is 9.74. The lowest BCUT2D eigenvalue weighted by atomic mass is 9.94. The maximum absolute atomic E-state index is 14.6. The number of methoxy groups -OCH3 is 1. The normalized spacial score (nSPS) is 19.2. The molecule has 0 radical (unpaired) electrons. The van der Waals surface area contributed by atoms with E-state index >= 15 is 0 Å². The lowest BCUT2D eigenvalue weighted by Gasteiger charge is -2.30. The van der Waals surface area contributed by atoms with Gasteiger partial charge in [-0.1, -0.05) is 65.8 Å². The molecule has 2 aromatic rings. The van der Waals surface area contributed by atoms with Crippen molar-refractivity contribution in [2.45, 2.75) is 53.6 Å². The second kappa shape index (κ2) is 7.02. The summed E-state index contributed by atoms with van der Waals surface area (Å²) in [5, 5.41) is 0.332. The highest BCUT2D eigenvalue weighted by Gasteiger charge is 2.50. The van der Waals surface area contributed by atoms with Crippen molar-refractivity contribution in [3.05, 3.63) is 42.0 Å². The first kappa shape index (κ1) is 21.6. The van der Waals surface area contributed by atoms with E-state index in [9.17, 15) is 9.36 Å². The number of anilines is 1. The minimum absolute atomic E-state index is 0.00498. The zero-order valence-electron chi connectivity index (χ0n) is 18.8. The van der Waals surface area contributed by atoms with E-state index in [-0.39, 0.29) is 12.2 Å². The highest BCUT2D eigenvalue weighted by Crippen LogP contribution is 2.64. The number of benzene rings is 2. The number of carbonyl (C=O) groups excluding carboxylic acids is 1. The summed E-state index contributed by atoms with van der Waals surface area (Å²) in [4.78, 5) is 15.0. The highest BCUT2D eigenvalue weighted by atomic mass is 31.2. The monoisotopic (exact) mass is 413 g/mol. The molecule has 0 fully saturated rings. The van der Waals surface area contributed by atoms with Crippen molar-refractivity contribution in [2.24, 2.45) is 5.41 Å². The summed E-state index contributed by atoms with van der Waals surface area (Å²) in [6.07, 6.45) is 0.243. The molecule has 0 aromatic heterocycles. The predicted octanol–water partition coefficient (Wildman–Crippen LogP) is 5.81. The van der Waals surface area contributed by atoms with Gasteiger partial charge in [0.1, 0.15) is 12.9 Å². The number of carbonyl (C=O) groups is 1. The molecule has 1 heterocycles. The largest absolute Gasteiger partial charge is 0.496 e. The number of aryl methyl sites for hydroxylation is 1. The zero-order valence-corrected chi connectivity index (χ0v) is 19.7. The van der Waals surface area contributed by atoms with Crippen LogP contribution in [0.5, 0.6) is 5.75 Å². The minimum Gasteiger partial charge on any atom is -0.496 e. The Labute approximate surface area is 174 Å². The summed E-state index contributed by atoms with van der Waals surface area (Å²) in [5.74, 6) is 0.745. The average Bonchev–Trinajstić information content (AvgIpc) is 2.94. The van der Waals surface area contributed by atoms with Crippen LogP contribution in [-0.4, -0.2) is 24.5 Å². The molecule has 0 aliphatic carbocycles. The standard InChI is InChI=1S/C24H32NO3P/c1-16-11-9-14-19(28-8)20(16)17-12-10-13-18-21(17)29(27,24(5,6)7)15-25(18)22(26)23(2,3)4/h9-14H,15H2,1-8H3. The summed E-state index contributed by atoms with van der Waals surface area (Å²) in [6, 6.07) is 11.8. The average molecular weight is 413 g/mol. The Kier molecular flexibility index (Phi) is 5.24. The topological polar surface area (TPSA) is 46.6 Å². The highest BCUT2D eigenvalue weighted by molar-refractivity contribution is 7.74. The van der Waals surface area contributed by atoms with Crippen molar-refractivity contribution in [3.63, 3.8) is 0 Å². The van der Waals surface area contributed by atoms with Gasteiger partial charge in [-0.05, 0) is 30.2 Å². The summed E-state index contributed by atoms with van der Waals surface area (Å²) in [7, 11) is -1.27. The minimum atomic E-state index is -2.93. The molecule has 1 amide bonds. The Bertz CT molecular complexity index is 1010. The number of hydrogen-bond donors (Lipinski definition) is 0. The van der Waals surface area contributed by atoms with Gasteiger partial charge in [-0.25, -0.2) is 0 Å². The molecular weight excluding hydrogens is 381 g/mol. The third kappa shape index (κ3) is 3.42. The molecule has 29 heavy (non-hydrogen) atoms. The van der Waals surface area contributed by atoms with E-state index in [1.54, 1.807) is 12.0 Å². The molecule has 0 saturated heterocycles. The smallest absolute Gasteiger partial charge is 0.232 e. The van der Waals surface area contributed by atoms with Crippen molar-refractivity contribution in [3.8, 4) is 16.9 Å². The first-order valence-corrected chi connectivity index (χ1v) is 11.9. The fraction of sp³-hybridized carbons (Fsp3) is 0.458. The summed E-state index contributed by atoms with van der Waals surface area (Å²) in [6.45, 7) is 13.8. The van der Waals surface area contributed by atoms with Crippen molar-refractivity contribution in [1.82, 2.24) is 0 Å². The van der Waals surface area contributed by atoms with Crippen LogP contribution in [0.1, 0.15) is 47.1 Å². The van der Waals surface area contributed by atoms with Gasteiger partial charge < -0.3 is 14.2 Å². The van der Waals surface area contributed by atoms with E-state index in [2.05, 4.69) is 0 Å². The van der Waals surface area contributed by atoms with Crippen molar-refractivity contribution in [1.29, 1.82) is 0 Å². The van der Waals surface area contributed by atoms with Gasteiger partial charge in [0, 0.05) is 21.4 Å². The zero-order chi connectivity index (χ0) is 21.8. The van der Waals surface area contributed by atoms with Crippen molar-refractivity contribution < 1.29 is 14.1 Å². The fourth-order valence-corrected chi connectivity index (χ4v) is 7.02. The SMILES string of the molecule is COc1cccc(C)c1-c1cccc2c1P(=O)(C(C)(C)C)CN2C(=O)C(C)(C)C. The van der Waals surface area contributed by atoms with Crippen LogP contribution in [0.3, 0.4) is 0 Å². The maximum Gasteiger partial charge on any atom is 0.232 e. The van der Waals surface area contributed by atoms with Crippen LogP contribution in [0, 0.1) is 12.3 Å². The lowest BCUT2D eigenvalue weighted by molar-refractivity contribution is -0.125. The molecule has 1 unspecified atom stereocenters. The molecule has 3 rings (SSSR count). The molecule has 1 atom stereocenters. The molecule has 0 bridgehead atoms. The summed E-state index contributed by atoms with van der Waals surface area (Å²) in [5.41, 5.74) is 3.12. The third-order valence-electron chi connectivity index (χ3n) is 5.70. The second-order valence-electron chi connectivity index (χ2n) is 9.86. The number of ether oxygens (including phenoxy) is 1. The Balaban J connectivity index is 2.38. The van der Waals surface area contributed by atoms with Crippen LogP contribution in [0.25, 0.3) is 11.1 Å².